The molecule has 0 spiro atoms. The van der Waals surface area contributed by atoms with E-state index in [-0.39, 0.29) is 12.1 Å². The van der Waals surface area contributed by atoms with Crippen LogP contribution < -0.4 is 10.1 Å². The fourth-order valence-electron chi connectivity index (χ4n) is 2.35. The zero-order valence-electron chi connectivity index (χ0n) is 12.5. The van der Waals surface area contributed by atoms with Crippen molar-refractivity contribution in [1.82, 2.24) is 5.32 Å². The third kappa shape index (κ3) is 3.84. The molecule has 2 aromatic rings. The lowest BCUT2D eigenvalue weighted by Crippen LogP contribution is -2.20. The van der Waals surface area contributed by atoms with Gasteiger partial charge in [-0.15, -0.1) is 0 Å². The lowest BCUT2D eigenvalue weighted by molar-refractivity contribution is 0.238. The summed E-state index contributed by atoms with van der Waals surface area (Å²) in [7, 11) is 2.00. The average molecular weight is 269 g/mol. The SMILES string of the molecule is CNC(Cc1ccccc1)c1ccccc1OC(C)C. The van der Waals surface area contributed by atoms with E-state index in [0.29, 0.717) is 0 Å². The first-order valence-corrected chi connectivity index (χ1v) is 7.17. The van der Waals surface area contributed by atoms with E-state index in [0.717, 1.165) is 12.2 Å². The van der Waals surface area contributed by atoms with Crippen molar-refractivity contribution >= 4 is 0 Å². The zero-order valence-corrected chi connectivity index (χ0v) is 12.5. The third-order valence-corrected chi connectivity index (χ3v) is 3.29. The Morgan fingerprint density at radius 1 is 0.950 bits per heavy atom. The van der Waals surface area contributed by atoms with Crippen LogP contribution in [0.4, 0.5) is 0 Å². The number of hydrogen-bond acceptors (Lipinski definition) is 2. The van der Waals surface area contributed by atoms with E-state index in [9.17, 15) is 0 Å². The van der Waals surface area contributed by atoms with Gasteiger partial charge in [-0.05, 0) is 38.9 Å². The summed E-state index contributed by atoms with van der Waals surface area (Å²) >= 11 is 0. The van der Waals surface area contributed by atoms with Crippen LogP contribution in [0.1, 0.15) is 31.0 Å². The number of hydrogen-bond donors (Lipinski definition) is 1. The van der Waals surface area contributed by atoms with E-state index < -0.39 is 0 Å². The zero-order chi connectivity index (χ0) is 14.4. The monoisotopic (exact) mass is 269 g/mol. The van der Waals surface area contributed by atoms with Gasteiger partial charge in [0, 0.05) is 11.6 Å². The van der Waals surface area contributed by atoms with E-state index in [1.807, 2.05) is 25.2 Å². The van der Waals surface area contributed by atoms with Crippen molar-refractivity contribution in [2.24, 2.45) is 0 Å². The Labute approximate surface area is 121 Å². The Bertz CT molecular complexity index is 522. The summed E-state index contributed by atoms with van der Waals surface area (Å²) in [6.45, 7) is 4.12. The van der Waals surface area contributed by atoms with E-state index in [1.165, 1.54) is 11.1 Å². The Balaban J connectivity index is 2.23. The minimum Gasteiger partial charge on any atom is -0.491 e. The summed E-state index contributed by atoms with van der Waals surface area (Å²) in [6.07, 6.45) is 1.14. The number of benzene rings is 2. The second kappa shape index (κ2) is 7.11. The molecular weight excluding hydrogens is 246 g/mol. The first-order valence-electron chi connectivity index (χ1n) is 7.17. The Hall–Kier alpha value is -1.80. The molecule has 1 unspecified atom stereocenters. The highest BCUT2D eigenvalue weighted by Gasteiger charge is 2.15. The number of nitrogens with one attached hydrogen (secondary N) is 1. The standard InChI is InChI=1S/C18H23NO/c1-14(2)20-18-12-8-7-11-16(18)17(19-3)13-15-9-5-4-6-10-15/h4-12,14,17,19H,13H2,1-3H3. The second-order valence-corrected chi connectivity index (χ2v) is 5.24. The minimum atomic E-state index is 0.186. The predicted molar refractivity (Wildman–Crippen MR) is 84.2 cm³/mol. The molecule has 0 bridgehead atoms. The van der Waals surface area contributed by atoms with Crippen molar-refractivity contribution in [2.75, 3.05) is 7.05 Å². The molecule has 1 N–H and O–H groups in total. The number of rotatable bonds is 6. The molecule has 0 aliphatic rings. The Morgan fingerprint density at radius 3 is 2.25 bits per heavy atom. The normalized spacial score (nSPS) is 12.4. The molecule has 1 atom stereocenters. The molecule has 106 valence electrons. The van der Waals surface area contributed by atoms with Crippen LogP contribution in [0.5, 0.6) is 5.75 Å². The molecule has 0 saturated heterocycles. The maximum atomic E-state index is 5.93. The van der Waals surface area contributed by atoms with Gasteiger partial charge < -0.3 is 10.1 Å². The summed E-state index contributed by atoms with van der Waals surface area (Å²) in [5.74, 6) is 0.970. The van der Waals surface area contributed by atoms with Crippen molar-refractivity contribution in [2.45, 2.75) is 32.4 Å². The van der Waals surface area contributed by atoms with Crippen LogP contribution in [0.15, 0.2) is 54.6 Å². The maximum Gasteiger partial charge on any atom is 0.124 e. The summed E-state index contributed by atoms with van der Waals surface area (Å²) in [6, 6.07) is 19.1. The van der Waals surface area contributed by atoms with E-state index in [1.54, 1.807) is 0 Å². The largest absolute Gasteiger partial charge is 0.491 e. The van der Waals surface area contributed by atoms with Crippen LogP contribution in [-0.4, -0.2) is 13.2 Å². The molecule has 2 nitrogen and oxygen atoms in total. The van der Waals surface area contributed by atoms with Crippen LogP contribution in [0.2, 0.25) is 0 Å². The first kappa shape index (κ1) is 14.6. The molecule has 2 rings (SSSR count). The smallest absolute Gasteiger partial charge is 0.124 e. The topological polar surface area (TPSA) is 21.3 Å². The van der Waals surface area contributed by atoms with Gasteiger partial charge in [0.25, 0.3) is 0 Å². The summed E-state index contributed by atoms with van der Waals surface area (Å²) < 4.78 is 5.93. The minimum absolute atomic E-state index is 0.186. The maximum absolute atomic E-state index is 5.93. The highest BCUT2D eigenvalue weighted by Crippen LogP contribution is 2.28. The van der Waals surface area contributed by atoms with E-state index in [4.69, 9.17) is 4.74 Å². The molecule has 0 aliphatic heterocycles. The highest BCUT2D eigenvalue weighted by molar-refractivity contribution is 5.37. The van der Waals surface area contributed by atoms with Gasteiger partial charge in [0.05, 0.1) is 6.10 Å². The Kier molecular flexibility index (Phi) is 5.19. The van der Waals surface area contributed by atoms with E-state index in [2.05, 4.69) is 55.6 Å². The quantitative estimate of drug-likeness (QED) is 0.856. The lowest BCUT2D eigenvalue weighted by Gasteiger charge is -2.21. The molecule has 0 amide bonds. The van der Waals surface area contributed by atoms with Gasteiger partial charge in [-0.3, -0.25) is 0 Å². The lowest BCUT2D eigenvalue weighted by atomic mass is 9.98. The van der Waals surface area contributed by atoms with Crippen molar-refractivity contribution in [3.05, 3.63) is 65.7 Å². The fourth-order valence-corrected chi connectivity index (χ4v) is 2.35. The molecule has 2 aromatic carbocycles. The molecule has 2 heteroatoms. The van der Waals surface area contributed by atoms with Gasteiger partial charge >= 0.3 is 0 Å². The summed E-state index contributed by atoms with van der Waals surface area (Å²) in [5.41, 5.74) is 2.54. The molecule has 0 aliphatic carbocycles. The van der Waals surface area contributed by atoms with Crippen molar-refractivity contribution in [3.8, 4) is 5.75 Å². The molecule has 0 aromatic heterocycles. The van der Waals surface area contributed by atoms with Crippen molar-refractivity contribution < 1.29 is 4.74 Å². The molecular formula is C18H23NO. The van der Waals surface area contributed by atoms with Crippen LogP contribution >= 0.6 is 0 Å². The third-order valence-electron chi connectivity index (χ3n) is 3.29. The van der Waals surface area contributed by atoms with Crippen molar-refractivity contribution in [1.29, 1.82) is 0 Å². The van der Waals surface area contributed by atoms with Crippen LogP contribution in [-0.2, 0) is 6.42 Å². The van der Waals surface area contributed by atoms with E-state index >= 15 is 0 Å². The van der Waals surface area contributed by atoms with Gasteiger partial charge in [0.1, 0.15) is 5.75 Å². The summed E-state index contributed by atoms with van der Waals surface area (Å²) in [4.78, 5) is 0. The van der Waals surface area contributed by atoms with Gasteiger partial charge in [-0.1, -0.05) is 48.5 Å². The van der Waals surface area contributed by atoms with Crippen molar-refractivity contribution in [3.63, 3.8) is 0 Å². The summed E-state index contributed by atoms with van der Waals surface area (Å²) in [5, 5.41) is 3.40. The van der Waals surface area contributed by atoms with Gasteiger partial charge in [-0.25, -0.2) is 0 Å². The number of ether oxygens (including phenoxy) is 1. The van der Waals surface area contributed by atoms with Crippen LogP contribution in [0, 0.1) is 0 Å². The molecule has 20 heavy (non-hydrogen) atoms. The fraction of sp³-hybridized carbons (Fsp3) is 0.333. The van der Waals surface area contributed by atoms with Crippen LogP contribution in [0.25, 0.3) is 0 Å². The van der Waals surface area contributed by atoms with Gasteiger partial charge in [-0.2, -0.15) is 0 Å². The number of para-hydroxylation sites is 1. The molecule has 0 saturated carbocycles. The molecule has 0 radical (unpaired) electrons. The average Bonchev–Trinajstić information content (AvgIpc) is 2.46. The molecule has 0 fully saturated rings. The number of likely N-dealkylation sites (N-methyl/N-ethyl adjacent to an activating group) is 1. The highest BCUT2D eigenvalue weighted by atomic mass is 16.5. The Morgan fingerprint density at radius 2 is 1.60 bits per heavy atom. The molecule has 0 heterocycles. The van der Waals surface area contributed by atoms with Gasteiger partial charge in [0.15, 0.2) is 0 Å². The van der Waals surface area contributed by atoms with Crippen LogP contribution in [0.3, 0.4) is 0 Å². The second-order valence-electron chi connectivity index (χ2n) is 5.24. The predicted octanol–water partition coefficient (Wildman–Crippen LogP) is 3.98. The van der Waals surface area contributed by atoms with Gasteiger partial charge in [0.2, 0.25) is 0 Å². The first-order chi connectivity index (χ1) is 9.70.